The van der Waals surface area contributed by atoms with Crippen molar-refractivity contribution in [3.05, 3.63) is 78.4 Å². The standard InChI is InChI=1S/C34H44O16/c1-2-18(6-3-17-4-9-20(10-5-17)47-31-28(41)26(39)24(37)22(13-35)49-31)19-7-11-21(12-8-19)48-32-29(42)27(40)25(38)23(50-32)14-45-33-30(43)34(44,15-36)16-46-33/h2-12,18,22-33,35-44H,1,13-16H2/b6-3-/t18-,22+,23+,24+,25+,26-,27-,28+,29+,30-,31+,32+,33+,34+/m0/s1. The third kappa shape index (κ3) is 8.36. The van der Waals surface area contributed by atoms with Gasteiger partial charge in [-0.05, 0) is 35.4 Å². The first-order valence-corrected chi connectivity index (χ1v) is 16.0. The normalized spacial score (nSPS) is 38.2. The third-order valence-corrected chi connectivity index (χ3v) is 8.92. The molecule has 0 bridgehead atoms. The van der Waals surface area contributed by atoms with Gasteiger partial charge in [0.25, 0.3) is 0 Å². The summed E-state index contributed by atoms with van der Waals surface area (Å²) in [5.74, 6) is 0.388. The molecule has 3 aliphatic heterocycles. The molecule has 0 aromatic heterocycles. The number of allylic oxidation sites excluding steroid dienone is 2. The second kappa shape index (κ2) is 16.5. The van der Waals surface area contributed by atoms with Crippen LogP contribution in [0.3, 0.4) is 0 Å². The van der Waals surface area contributed by atoms with Crippen molar-refractivity contribution in [3.63, 3.8) is 0 Å². The van der Waals surface area contributed by atoms with Crippen LogP contribution in [0.2, 0.25) is 0 Å². The van der Waals surface area contributed by atoms with Gasteiger partial charge < -0.3 is 79.5 Å². The molecule has 2 aromatic rings. The van der Waals surface area contributed by atoms with Crippen LogP contribution in [0.5, 0.6) is 11.5 Å². The summed E-state index contributed by atoms with van der Waals surface area (Å²) in [6, 6.07) is 13.6. The molecule has 0 saturated carbocycles. The summed E-state index contributed by atoms with van der Waals surface area (Å²) < 4.78 is 33.1. The molecule has 0 spiro atoms. The average Bonchev–Trinajstić information content (AvgIpc) is 3.42. The number of benzene rings is 2. The van der Waals surface area contributed by atoms with E-state index in [0.717, 1.165) is 11.1 Å². The summed E-state index contributed by atoms with van der Waals surface area (Å²) in [4.78, 5) is 0. The van der Waals surface area contributed by atoms with Crippen LogP contribution >= 0.6 is 0 Å². The molecule has 0 unspecified atom stereocenters. The number of hydrogen-bond acceptors (Lipinski definition) is 16. The molecule has 276 valence electrons. The van der Waals surface area contributed by atoms with Gasteiger partial charge in [0.1, 0.15) is 72.0 Å². The Morgan fingerprint density at radius 1 is 0.740 bits per heavy atom. The maximum Gasteiger partial charge on any atom is 0.229 e. The quantitative estimate of drug-likeness (QED) is 0.0965. The van der Waals surface area contributed by atoms with E-state index in [1.54, 1.807) is 54.6 Å². The fourth-order valence-electron chi connectivity index (χ4n) is 5.68. The number of ether oxygens (including phenoxy) is 6. The number of aliphatic hydroxyl groups excluding tert-OH is 9. The topological polar surface area (TPSA) is 258 Å². The predicted molar refractivity (Wildman–Crippen MR) is 170 cm³/mol. The predicted octanol–water partition coefficient (Wildman–Crippen LogP) is -2.51. The first-order chi connectivity index (χ1) is 23.9. The Hall–Kier alpha value is -3.04. The molecule has 50 heavy (non-hydrogen) atoms. The Balaban J connectivity index is 1.15. The van der Waals surface area contributed by atoms with Crippen LogP contribution in [0.1, 0.15) is 17.0 Å². The molecular weight excluding hydrogens is 664 g/mol. The smallest absolute Gasteiger partial charge is 0.229 e. The monoisotopic (exact) mass is 708 g/mol. The molecule has 0 amide bonds. The van der Waals surface area contributed by atoms with Crippen molar-refractivity contribution in [3.8, 4) is 11.5 Å². The highest BCUT2D eigenvalue weighted by Crippen LogP contribution is 2.30. The van der Waals surface area contributed by atoms with E-state index in [1.165, 1.54) is 0 Å². The minimum atomic E-state index is -1.91. The van der Waals surface area contributed by atoms with Crippen LogP contribution in [-0.2, 0) is 18.9 Å². The van der Waals surface area contributed by atoms with E-state index in [9.17, 15) is 51.1 Å². The van der Waals surface area contributed by atoms with Gasteiger partial charge >= 0.3 is 0 Å². The summed E-state index contributed by atoms with van der Waals surface area (Å²) in [5.41, 5.74) is -0.261. The van der Waals surface area contributed by atoms with Gasteiger partial charge in [-0.15, -0.1) is 6.58 Å². The van der Waals surface area contributed by atoms with Crippen LogP contribution in [-0.4, -0.2) is 157 Å². The van der Waals surface area contributed by atoms with E-state index in [1.807, 2.05) is 12.2 Å². The molecule has 2 aromatic carbocycles. The van der Waals surface area contributed by atoms with E-state index in [-0.39, 0.29) is 18.3 Å². The Kier molecular flexibility index (Phi) is 12.6. The number of rotatable bonds is 13. The van der Waals surface area contributed by atoms with Gasteiger partial charge in [-0.1, -0.05) is 42.5 Å². The molecule has 0 radical (unpaired) electrons. The van der Waals surface area contributed by atoms with Gasteiger partial charge in [-0.3, -0.25) is 0 Å². The van der Waals surface area contributed by atoms with Crippen molar-refractivity contribution < 1.29 is 79.5 Å². The van der Waals surface area contributed by atoms with Crippen molar-refractivity contribution in [1.82, 2.24) is 0 Å². The largest absolute Gasteiger partial charge is 0.462 e. The van der Waals surface area contributed by atoms with Crippen LogP contribution in [0.15, 0.2) is 67.3 Å². The lowest BCUT2D eigenvalue weighted by Gasteiger charge is -2.40. The van der Waals surface area contributed by atoms with Crippen LogP contribution in [0.25, 0.3) is 6.08 Å². The maximum absolute atomic E-state index is 10.5. The zero-order valence-corrected chi connectivity index (χ0v) is 26.8. The Morgan fingerprint density at radius 2 is 1.28 bits per heavy atom. The van der Waals surface area contributed by atoms with Crippen molar-refractivity contribution in [1.29, 1.82) is 0 Å². The summed E-state index contributed by atoms with van der Waals surface area (Å²) in [6.45, 7) is 1.79. The maximum atomic E-state index is 10.5. The zero-order valence-electron chi connectivity index (χ0n) is 26.8. The first kappa shape index (κ1) is 38.2. The van der Waals surface area contributed by atoms with Crippen molar-refractivity contribution >= 4 is 6.08 Å². The second-order valence-corrected chi connectivity index (χ2v) is 12.4. The molecule has 3 heterocycles. The molecule has 16 nitrogen and oxygen atoms in total. The van der Waals surface area contributed by atoms with Gasteiger partial charge in [0, 0.05) is 5.92 Å². The molecule has 14 atom stereocenters. The molecule has 3 fully saturated rings. The van der Waals surface area contributed by atoms with E-state index in [2.05, 4.69) is 6.58 Å². The zero-order chi connectivity index (χ0) is 36.2. The molecular formula is C34H44O16. The molecule has 16 heteroatoms. The lowest BCUT2D eigenvalue weighted by atomic mass is 9.97. The van der Waals surface area contributed by atoms with Crippen molar-refractivity contribution in [2.24, 2.45) is 0 Å². The molecule has 10 N–H and O–H groups in total. The van der Waals surface area contributed by atoms with Crippen LogP contribution < -0.4 is 9.47 Å². The Labute approximate surface area is 287 Å². The van der Waals surface area contributed by atoms with E-state index < -0.39 is 99.2 Å². The first-order valence-electron chi connectivity index (χ1n) is 16.0. The molecule has 3 aliphatic rings. The van der Waals surface area contributed by atoms with Gasteiger partial charge in [0.05, 0.1) is 26.4 Å². The fraction of sp³-hybridized carbons (Fsp3) is 0.529. The highest BCUT2D eigenvalue weighted by atomic mass is 16.7. The fourth-order valence-corrected chi connectivity index (χ4v) is 5.68. The van der Waals surface area contributed by atoms with Crippen molar-refractivity contribution in [2.75, 3.05) is 26.4 Å². The van der Waals surface area contributed by atoms with Gasteiger partial charge in [-0.2, -0.15) is 0 Å². The van der Waals surface area contributed by atoms with E-state index in [0.29, 0.717) is 5.75 Å². The van der Waals surface area contributed by atoms with Crippen LogP contribution in [0.4, 0.5) is 0 Å². The molecule has 3 saturated heterocycles. The minimum Gasteiger partial charge on any atom is -0.462 e. The summed E-state index contributed by atoms with van der Waals surface area (Å²) in [7, 11) is 0. The highest BCUT2D eigenvalue weighted by Gasteiger charge is 2.50. The molecule has 5 rings (SSSR count). The van der Waals surface area contributed by atoms with Gasteiger partial charge in [-0.25, -0.2) is 0 Å². The van der Waals surface area contributed by atoms with Crippen molar-refractivity contribution in [2.45, 2.75) is 85.3 Å². The Bertz CT molecular complexity index is 1400. The van der Waals surface area contributed by atoms with Crippen LogP contribution in [0, 0.1) is 0 Å². The van der Waals surface area contributed by atoms with Gasteiger partial charge in [0.2, 0.25) is 12.6 Å². The Morgan fingerprint density at radius 3 is 1.80 bits per heavy atom. The van der Waals surface area contributed by atoms with E-state index >= 15 is 0 Å². The summed E-state index contributed by atoms with van der Waals surface area (Å²) in [5, 5.41) is 101. The SMILES string of the molecule is C=C[C@@H](/C=C\c1ccc(O[C@@H]2O[C@H](CO)[C@@H](O)[C@H](O)[C@H]2O)cc1)c1ccc(O[C@@H]2O[C@H](CO[C@@H]3OC[C@](O)(CO)[C@H]3O)[C@@H](O)[C@H](O)[C@H]2O)cc1. The second-order valence-electron chi connectivity index (χ2n) is 12.4. The summed E-state index contributed by atoms with van der Waals surface area (Å²) in [6.07, 6.45) is -11.8. The minimum absolute atomic E-state index is 0.222. The number of aliphatic hydroxyl groups is 10. The lowest BCUT2D eigenvalue weighted by Crippen LogP contribution is -2.60. The van der Waals surface area contributed by atoms with Gasteiger partial charge in [0.15, 0.2) is 6.29 Å². The summed E-state index contributed by atoms with van der Waals surface area (Å²) >= 11 is 0. The highest BCUT2D eigenvalue weighted by molar-refractivity contribution is 5.53. The third-order valence-electron chi connectivity index (χ3n) is 8.92. The number of hydrogen-bond donors (Lipinski definition) is 10. The average molecular weight is 709 g/mol. The lowest BCUT2D eigenvalue weighted by molar-refractivity contribution is -0.289. The van der Waals surface area contributed by atoms with E-state index in [4.69, 9.17) is 28.4 Å². The molecule has 0 aliphatic carbocycles.